The minimum Gasteiger partial charge on any atom is -0.497 e. The highest BCUT2D eigenvalue weighted by Crippen LogP contribution is 2.54. The summed E-state index contributed by atoms with van der Waals surface area (Å²) in [7, 11) is 3.13. The summed E-state index contributed by atoms with van der Waals surface area (Å²) in [5, 5.41) is 21.2. The predicted molar refractivity (Wildman–Crippen MR) is 176 cm³/mol. The molecule has 4 N–H and O–H groups in total. The standard InChI is InChI=1S/C35H37N5O8/c1-4-8-27(42)48-29-28(43)26(19-41)47-30(29)40-20-37-35(31(40)38-33(36)39-32(35)44)34(21-9-6-5-7-10-21,22-11-15-24(45-2)16-12-22)23-13-17-25(46-3)18-14-23/h5-7,9-18,20,26,28-30,41,43H,4,8,19H2,1-3H3,(H2,36,39,44)/t26-,28?,29?,30-,35?/m1/s1. The van der Waals surface area contributed by atoms with Crippen LogP contribution in [0.2, 0.25) is 0 Å². The third kappa shape index (κ3) is 5.11. The number of aliphatic hydroxyl groups excluding tert-OH is 2. The van der Waals surface area contributed by atoms with Gasteiger partial charge in [0, 0.05) is 6.42 Å². The second kappa shape index (κ2) is 13.2. The van der Waals surface area contributed by atoms with Gasteiger partial charge in [-0.15, -0.1) is 0 Å². The van der Waals surface area contributed by atoms with Gasteiger partial charge in [0.25, 0.3) is 5.91 Å². The molecule has 1 fully saturated rings. The van der Waals surface area contributed by atoms with Gasteiger partial charge in [0.15, 0.2) is 18.2 Å². The first-order valence-corrected chi connectivity index (χ1v) is 15.5. The van der Waals surface area contributed by atoms with E-state index in [1.165, 1.54) is 11.2 Å². The first-order valence-electron chi connectivity index (χ1n) is 15.5. The molecule has 13 heteroatoms. The van der Waals surface area contributed by atoms with Crippen molar-refractivity contribution >= 4 is 30.0 Å². The maximum Gasteiger partial charge on any atom is 0.306 e. The minimum absolute atomic E-state index is 0.0304. The lowest BCUT2D eigenvalue weighted by Crippen LogP contribution is -2.65. The normalized spacial score (nSPS) is 24.9. The quantitative estimate of drug-likeness (QED) is 0.205. The molecule has 0 saturated carbocycles. The molecule has 1 saturated heterocycles. The number of nitrogens with zero attached hydrogens (tertiary/aromatic N) is 4. The number of methoxy groups -OCH3 is 2. The van der Waals surface area contributed by atoms with Gasteiger partial charge >= 0.3 is 5.97 Å². The van der Waals surface area contributed by atoms with Crippen LogP contribution in [0.5, 0.6) is 11.5 Å². The van der Waals surface area contributed by atoms with Crippen LogP contribution in [0.4, 0.5) is 0 Å². The van der Waals surface area contributed by atoms with Crippen molar-refractivity contribution in [1.82, 2.24) is 4.90 Å². The van der Waals surface area contributed by atoms with Gasteiger partial charge in [-0.1, -0.05) is 61.5 Å². The number of benzene rings is 3. The zero-order chi connectivity index (χ0) is 34.1. The number of guanidine groups is 1. The number of nitrogens with two attached hydrogens (primary N) is 1. The van der Waals surface area contributed by atoms with Crippen LogP contribution in [0.1, 0.15) is 36.5 Å². The van der Waals surface area contributed by atoms with Gasteiger partial charge in [-0.2, -0.15) is 9.98 Å². The lowest BCUT2D eigenvalue weighted by Gasteiger charge is -2.47. The first-order chi connectivity index (χ1) is 23.2. The third-order valence-corrected chi connectivity index (χ3v) is 8.97. The number of hydrogen-bond acceptors (Lipinski definition) is 12. The van der Waals surface area contributed by atoms with Crippen molar-refractivity contribution in [2.75, 3.05) is 20.8 Å². The number of ether oxygens (including phenoxy) is 4. The summed E-state index contributed by atoms with van der Waals surface area (Å²) in [6.07, 6.45) is -3.02. The highest BCUT2D eigenvalue weighted by Gasteiger charge is 2.68. The number of carbonyl (C=O) groups is 2. The zero-order valence-electron chi connectivity index (χ0n) is 26.7. The maximum atomic E-state index is 14.8. The van der Waals surface area contributed by atoms with E-state index in [4.69, 9.17) is 29.7 Å². The number of aliphatic hydroxyl groups is 2. The first kappa shape index (κ1) is 32.8. The number of amidine groups is 1. The van der Waals surface area contributed by atoms with Gasteiger partial charge in [-0.25, -0.2) is 4.99 Å². The van der Waals surface area contributed by atoms with Crippen molar-refractivity contribution < 1.29 is 38.7 Å². The smallest absolute Gasteiger partial charge is 0.306 e. The lowest BCUT2D eigenvalue weighted by atomic mass is 9.56. The van der Waals surface area contributed by atoms with Crippen LogP contribution >= 0.6 is 0 Å². The number of esters is 1. The Kier molecular flexibility index (Phi) is 9.01. The monoisotopic (exact) mass is 655 g/mol. The molecule has 0 aliphatic carbocycles. The molecule has 48 heavy (non-hydrogen) atoms. The van der Waals surface area contributed by atoms with E-state index >= 15 is 0 Å². The molecular weight excluding hydrogens is 618 g/mol. The van der Waals surface area contributed by atoms with Crippen molar-refractivity contribution in [1.29, 1.82) is 0 Å². The highest BCUT2D eigenvalue weighted by molar-refractivity contribution is 6.27. The number of amides is 1. The molecule has 13 nitrogen and oxygen atoms in total. The van der Waals surface area contributed by atoms with Crippen LogP contribution in [0, 0.1) is 0 Å². The molecule has 1 amide bonds. The fourth-order valence-electron chi connectivity index (χ4n) is 6.80. The van der Waals surface area contributed by atoms with Gasteiger partial charge in [0.05, 0.1) is 32.6 Å². The molecule has 3 unspecified atom stereocenters. The molecule has 0 spiro atoms. The van der Waals surface area contributed by atoms with E-state index in [0.29, 0.717) is 34.6 Å². The van der Waals surface area contributed by atoms with E-state index in [0.717, 1.165) is 0 Å². The summed E-state index contributed by atoms with van der Waals surface area (Å²) in [6.45, 7) is 1.26. The van der Waals surface area contributed by atoms with Crippen LogP contribution in [0.15, 0.2) is 93.8 Å². The third-order valence-electron chi connectivity index (χ3n) is 8.97. The summed E-state index contributed by atoms with van der Waals surface area (Å²) in [6, 6.07) is 23.9. The fraction of sp³-hybridized carbons (Fsp3) is 0.343. The number of hydrogen-bond donors (Lipinski definition) is 3. The lowest BCUT2D eigenvalue weighted by molar-refractivity contribution is -0.158. The van der Waals surface area contributed by atoms with Crippen LogP contribution < -0.4 is 15.2 Å². The van der Waals surface area contributed by atoms with E-state index < -0.39 is 54.0 Å². The summed E-state index contributed by atoms with van der Waals surface area (Å²) in [5.74, 6) is -0.372. The van der Waals surface area contributed by atoms with E-state index in [-0.39, 0.29) is 18.2 Å². The summed E-state index contributed by atoms with van der Waals surface area (Å²) >= 11 is 0. The van der Waals surface area contributed by atoms with Gasteiger partial charge in [-0.3, -0.25) is 14.5 Å². The maximum absolute atomic E-state index is 14.8. The second-order valence-corrected chi connectivity index (χ2v) is 11.6. The van der Waals surface area contributed by atoms with E-state index in [2.05, 4.69) is 9.98 Å². The Hall–Kier alpha value is -5.11. The zero-order valence-corrected chi connectivity index (χ0v) is 26.7. The van der Waals surface area contributed by atoms with Crippen LogP contribution in [0.25, 0.3) is 0 Å². The number of fused-ring (bicyclic) bond motifs is 1. The topological polar surface area (TPSA) is 178 Å². The van der Waals surface area contributed by atoms with Crippen molar-refractivity contribution in [2.45, 2.75) is 55.3 Å². The molecular formula is C35H37N5O8. The minimum atomic E-state index is -1.94. The Balaban J connectivity index is 1.63. The molecule has 0 aromatic heterocycles. The summed E-state index contributed by atoms with van der Waals surface area (Å²) in [4.78, 5) is 42.7. The van der Waals surface area contributed by atoms with Crippen molar-refractivity contribution in [3.05, 3.63) is 95.6 Å². The fourth-order valence-corrected chi connectivity index (χ4v) is 6.80. The average molecular weight is 656 g/mol. The number of carbonyl (C=O) groups excluding carboxylic acids is 2. The largest absolute Gasteiger partial charge is 0.497 e. The molecule has 3 aromatic rings. The molecule has 5 atom stereocenters. The molecule has 6 rings (SSSR count). The van der Waals surface area contributed by atoms with Gasteiger partial charge in [0.2, 0.25) is 11.5 Å². The van der Waals surface area contributed by atoms with E-state index in [1.54, 1.807) is 38.5 Å². The Morgan fingerprint density at radius 3 is 2.08 bits per heavy atom. The molecule has 0 bridgehead atoms. The Bertz CT molecular complexity index is 1700. The summed E-state index contributed by atoms with van der Waals surface area (Å²) in [5.41, 5.74) is 4.73. The average Bonchev–Trinajstić information content (AvgIpc) is 3.64. The Morgan fingerprint density at radius 1 is 0.958 bits per heavy atom. The SMILES string of the molecule is CCCC(=O)OC1C(O)[C@@H](CO)O[C@H]1N1C=NC2(C(c3ccccc3)(c3ccc(OC)cc3)c3ccc(OC)cc3)C(=O)N=C(N)N=C12. The van der Waals surface area contributed by atoms with E-state index in [9.17, 15) is 19.8 Å². The number of rotatable bonds is 11. The van der Waals surface area contributed by atoms with Crippen molar-refractivity contribution in [2.24, 2.45) is 20.7 Å². The van der Waals surface area contributed by atoms with Crippen LogP contribution in [-0.4, -0.2) is 96.0 Å². The molecule has 3 heterocycles. The van der Waals surface area contributed by atoms with Crippen molar-refractivity contribution in [3.63, 3.8) is 0 Å². The molecule has 0 radical (unpaired) electrons. The molecule has 250 valence electrons. The highest BCUT2D eigenvalue weighted by atomic mass is 16.6. The van der Waals surface area contributed by atoms with Crippen LogP contribution in [-0.2, 0) is 24.5 Å². The van der Waals surface area contributed by atoms with Gasteiger partial charge in [0.1, 0.15) is 23.7 Å². The number of aliphatic imine (C=N–C) groups is 3. The molecule has 3 aliphatic rings. The molecule has 3 aliphatic heterocycles. The van der Waals surface area contributed by atoms with E-state index in [1.807, 2.05) is 61.5 Å². The summed E-state index contributed by atoms with van der Waals surface area (Å²) < 4.78 is 22.8. The van der Waals surface area contributed by atoms with Crippen molar-refractivity contribution in [3.8, 4) is 11.5 Å². The Labute approximate surface area is 277 Å². The van der Waals surface area contributed by atoms with Gasteiger partial charge in [-0.05, 0) is 47.4 Å². The Morgan fingerprint density at radius 2 is 1.54 bits per heavy atom. The second-order valence-electron chi connectivity index (χ2n) is 11.6. The molecule has 3 aromatic carbocycles. The predicted octanol–water partition coefficient (Wildman–Crippen LogP) is 2.16. The van der Waals surface area contributed by atoms with Gasteiger partial charge < -0.3 is 34.9 Å². The van der Waals surface area contributed by atoms with Crippen LogP contribution in [0.3, 0.4) is 0 Å².